The second-order valence-corrected chi connectivity index (χ2v) is 5.75. The van der Waals surface area contributed by atoms with Crippen LogP contribution in [-0.4, -0.2) is 18.9 Å². The number of nitrogens with one attached hydrogen (secondary N) is 2. The normalized spacial score (nSPS) is 10.3. The molecule has 2 rings (SSSR count). The van der Waals surface area contributed by atoms with Crippen molar-refractivity contribution < 1.29 is 14.3 Å². The first-order chi connectivity index (χ1) is 11.5. The third kappa shape index (κ3) is 4.84. The first kappa shape index (κ1) is 17.5. The number of ether oxygens (including phenoxy) is 1. The summed E-state index contributed by atoms with van der Waals surface area (Å²) >= 11 is 0. The zero-order chi connectivity index (χ0) is 17.5. The lowest BCUT2D eigenvalue weighted by Crippen LogP contribution is -2.22. The van der Waals surface area contributed by atoms with E-state index in [1.165, 1.54) is 0 Å². The summed E-state index contributed by atoms with van der Waals surface area (Å²) in [5, 5.41) is 5.70. The summed E-state index contributed by atoms with van der Waals surface area (Å²) < 4.78 is 5.07. The molecule has 5 nitrogen and oxygen atoms in total. The Morgan fingerprint density at radius 3 is 2.17 bits per heavy atom. The van der Waals surface area contributed by atoms with Gasteiger partial charge in [-0.2, -0.15) is 0 Å². The van der Waals surface area contributed by atoms with Crippen molar-refractivity contribution >= 4 is 17.5 Å². The minimum Gasteiger partial charge on any atom is -0.497 e. The number of hydrogen-bond acceptors (Lipinski definition) is 3. The van der Waals surface area contributed by atoms with Crippen LogP contribution in [0.1, 0.15) is 29.8 Å². The quantitative estimate of drug-likeness (QED) is 0.856. The van der Waals surface area contributed by atoms with E-state index in [9.17, 15) is 9.59 Å². The maximum atomic E-state index is 12.1. The summed E-state index contributed by atoms with van der Waals surface area (Å²) in [5.41, 5.74) is 2.29. The number of rotatable bonds is 6. The second-order valence-electron chi connectivity index (χ2n) is 5.75. The molecule has 0 aliphatic heterocycles. The highest BCUT2D eigenvalue weighted by molar-refractivity contribution is 5.94. The van der Waals surface area contributed by atoms with Gasteiger partial charge in [0.2, 0.25) is 5.91 Å². The van der Waals surface area contributed by atoms with E-state index in [1.54, 1.807) is 31.4 Å². The van der Waals surface area contributed by atoms with Crippen LogP contribution in [-0.2, 0) is 11.3 Å². The van der Waals surface area contributed by atoms with Gasteiger partial charge in [0.05, 0.1) is 7.11 Å². The molecule has 5 heteroatoms. The van der Waals surface area contributed by atoms with Gasteiger partial charge in [0.1, 0.15) is 5.75 Å². The Hall–Kier alpha value is -2.82. The van der Waals surface area contributed by atoms with Crippen LogP contribution in [0.15, 0.2) is 48.5 Å². The van der Waals surface area contributed by atoms with Crippen molar-refractivity contribution in [2.24, 2.45) is 5.92 Å². The molecule has 0 aromatic heterocycles. The van der Waals surface area contributed by atoms with Gasteiger partial charge in [-0.25, -0.2) is 0 Å². The van der Waals surface area contributed by atoms with Crippen LogP contribution >= 0.6 is 0 Å². The highest BCUT2D eigenvalue weighted by Gasteiger charge is 2.08. The average Bonchev–Trinajstić information content (AvgIpc) is 2.60. The number of hydrogen-bond donors (Lipinski definition) is 2. The van der Waals surface area contributed by atoms with Gasteiger partial charge in [-0.3, -0.25) is 9.59 Å². The number of benzene rings is 2. The molecule has 0 atom stereocenters. The molecule has 24 heavy (non-hydrogen) atoms. The lowest BCUT2D eigenvalue weighted by atomic mass is 10.1. The summed E-state index contributed by atoms with van der Waals surface area (Å²) in [7, 11) is 1.59. The fourth-order valence-corrected chi connectivity index (χ4v) is 2.02. The molecule has 0 aliphatic rings. The van der Waals surface area contributed by atoms with Crippen molar-refractivity contribution in [2.75, 3.05) is 12.4 Å². The highest BCUT2D eigenvalue weighted by Crippen LogP contribution is 2.13. The molecule has 2 aromatic rings. The van der Waals surface area contributed by atoms with Gasteiger partial charge in [-0.05, 0) is 42.0 Å². The van der Waals surface area contributed by atoms with Crippen molar-refractivity contribution in [3.63, 3.8) is 0 Å². The van der Waals surface area contributed by atoms with Crippen molar-refractivity contribution in [1.82, 2.24) is 5.32 Å². The third-order valence-electron chi connectivity index (χ3n) is 3.55. The molecule has 0 fully saturated rings. The van der Waals surface area contributed by atoms with Crippen LogP contribution in [0.25, 0.3) is 0 Å². The molecule has 0 heterocycles. The third-order valence-corrected chi connectivity index (χ3v) is 3.55. The summed E-state index contributed by atoms with van der Waals surface area (Å²) in [4.78, 5) is 23.7. The predicted octanol–water partition coefficient (Wildman–Crippen LogP) is 3.22. The van der Waals surface area contributed by atoms with Gasteiger partial charge in [0.15, 0.2) is 0 Å². The summed E-state index contributed by atoms with van der Waals surface area (Å²) in [6.07, 6.45) is 0. The molecule has 0 saturated heterocycles. The number of methoxy groups -OCH3 is 1. The molecular formula is C19H22N2O3. The molecule has 0 spiro atoms. The van der Waals surface area contributed by atoms with Crippen LogP contribution in [0, 0.1) is 5.92 Å². The zero-order valence-electron chi connectivity index (χ0n) is 14.1. The molecule has 126 valence electrons. The Balaban J connectivity index is 1.89. The van der Waals surface area contributed by atoms with E-state index in [2.05, 4.69) is 10.6 Å². The largest absolute Gasteiger partial charge is 0.497 e. The van der Waals surface area contributed by atoms with Gasteiger partial charge in [0.25, 0.3) is 5.91 Å². The monoisotopic (exact) mass is 326 g/mol. The molecule has 0 radical (unpaired) electrons. The van der Waals surface area contributed by atoms with Crippen LogP contribution in [0.3, 0.4) is 0 Å². The first-order valence-electron chi connectivity index (χ1n) is 7.81. The summed E-state index contributed by atoms with van der Waals surface area (Å²) in [5.74, 6) is 0.490. The van der Waals surface area contributed by atoms with E-state index >= 15 is 0 Å². The standard InChI is InChI=1S/C19H22N2O3/c1-13(2)18(22)21-16-8-4-14(5-9-16)12-20-19(23)15-6-10-17(24-3)11-7-15/h4-11,13H,12H2,1-3H3,(H,20,23)(H,21,22). The van der Waals surface area contributed by atoms with Gasteiger partial charge in [0, 0.05) is 23.7 Å². The van der Waals surface area contributed by atoms with Gasteiger partial charge >= 0.3 is 0 Å². The number of amides is 2. The molecule has 0 saturated carbocycles. The maximum Gasteiger partial charge on any atom is 0.251 e. The molecule has 2 amide bonds. The Morgan fingerprint density at radius 1 is 1.00 bits per heavy atom. The molecule has 2 N–H and O–H groups in total. The summed E-state index contributed by atoms with van der Waals surface area (Å²) in [6.45, 7) is 4.11. The molecular weight excluding hydrogens is 304 g/mol. The molecule has 0 unspecified atom stereocenters. The average molecular weight is 326 g/mol. The first-order valence-corrected chi connectivity index (χ1v) is 7.81. The number of carbonyl (C=O) groups excluding carboxylic acids is 2. The molecule has 0 aliphatic carbocycles. The zero-order valence-corrected chi connectivity index (χ0v) is 14.1. The van der Waals surface area contributed by atoms with Gasteiger partial charge < -0.3 is 15.4 Å². The lowest BCUT2D eigenvalue weighted by molar-refractivity contribution is -0.118. The fraction of sp³-hybridized carbons (Fsp3) is 0.263. The van der Waals surface area contributed by atoms with Crippen LogP contribution in [0.4, 0.5) is 5.69 Å². The SMILES string of the molecule is COc1ccc(C(=O)NCc2ccc(NC(=O)C(C)C)cc2)cc1. The van der Waals surface area contributed by atoms with Crippen molar-refractivity contribution in [2.45, 2.75) is 20.4 Å². The van der Waals surface area contributed by atoms with Crippen molar-refractivity contribution in [3.05, 3.63) is 59.7 Å². The van der Waals surface area contributed by atoms with Crippen molar-refractivity contribution in [3.8, 4) is 5.75 Å². The molecule has 2 aromatic carbocycles. The minimum atomic E-state index is -0.144. The van der Waals surface area contributed by atoms with Crippen LogP contribution < -0.4 is 15.4 Å². The lowest BCUT2D eigenvalue weighted by Gasteiger charge is -2.09. The Morgan fingerprint density at radius 2 is 1.62 bits per heavy atom. The Kier molecular flexibility index (Phi) is 5.95. The number of anilines is 1. The van der Waals surface area contributed by atoms with E-state index in [0.29, 0.717) is 17.9 Å². The molecule has 0 bridgehead atoms. The fourth-order valence-electron chi connectivity index (χ4n) is 2.02. The Bertz CT molecular complexity index is 692. The van der Waals surface area contributed by atoms with E-state index in [-0.39, 0.29) is 17.7 Å². The smallest absolute Gasteiger partial charge is 0.251 e. The predicted molar refractivity (Wildman–Crippen MR) is 94.1 cm³/mol. The van der Waals surface area contributed by atoms with E-state index in [1.807, 2.05) is 38.1 Å². The van der Waals surface area contributed by atoms with Crippen LogP contribution in [0.5, 0.6) is 5.75 Å². The van der Waals surface area contributed by atoms with Crippen molar-refractivity contribution in [1.29, 1.82) is 0 Å². The van der Waals surface area contributed by atoms with E-state index in [4.69, 9.17) is 4.74 Å². The highest BCUT2D eigenvalue weighted by atomic mass is 16.5. The summed E-state index contributed by atoms with van der Waals surface area (Å²) in [6, 6.07) is 14.4. The van der Waals surface area contributed by atoms with Gasteiger partial charge in [-0.1, -0.05) is 26.0 Å². The topological polar surface area (TPSA) is 67.4 Å². The minimum absolute atomic E-state index is 0.0180. The van der Waals surface area contributed by atoms with Gasteiger partial charge in [-0.15, -0.1) is 0 Å². The van der Waals surface area contributed by atoms with Crippen LogP contribution in [0.2, 0.25) is 0 Å². The Labute approximate surface area is 142 Å². The van der Waals surface area contributed by atoms with E-state index in [0.717, 1.165) is 11.3 Å². The number of carbonyl (C=O) groups is 2. The maximum absolute atomic E-state index is 12.1. The van der Waals surface area contributed by atoms with E-state index < -0.39 is 0 Å². The second kappa shape index (κ2) is 8.15.